The molecule has 2 aromatic rings. The average molecular weight is 432 g/mol. The minimum Gasteiger partial charge on any atom is -0.342 e. The summed E-state index contributed by atoms with van der Waals surface area (Å²) in [5, 5.41) is 0. The Bertz CT molecular complexity index is 1020. The van der Waals surface area contributed by atoms with Crippen molar-refractivity contribution in [3.8, 4) is 0 Å². The van der Waals surface area contributed by atoms with Gasteiger partial charge in [0.2, 0.25) is 5.91 Å². The van der Waals surface area contributed by atoms with Crippen LogP contribution in [0.1, 0.15) is 54.5 Å². The van der Waals surface area contributed by atoms with Crippen LogP contribution in [0, 0.1) is 25.2 Å². The van der Waals surface area contributed by atoms with E-state index in [1.165, 1.54) is 0 Å². The van der Waals surface area contributed by atoms with Crippen LogP contribution in [0.3, 0.4) is 0 Å². The molecule has 3 heterocycles. The van der Waals surface area contributed by atoms with Crippen molar-refractivity contribution in [2.45, 2.75) is 59.3 Å². The van der Waals surface area contributed by atoms with Crippen molar-refractivity contribution in [2.24, 2.45) is 11.3 Å². The smallest absolute Gasteiger partial charge is 0.342 e. The summed E-state index contributed by atoms with van der Waals surface area (Å²) in [7, 11) is 0. The minimum absolute atomic E-state index is 0.00762. The Hall–Kier alpha value is -2.57. The van der Waals surface area contributed by atoms with Gasteiger partial charge in [-0.3, -0.25) is 9.78 Å². The van der Waals surface area contributed by atoms with Gasteiger partial charge >= 0.3 is 6.18 Å². The van der Waals surface area contributed by atoms with E-state index in [-0.39, 0.29) is 24.4 Å². The van der Waals surface area contributed by atoms with E-state index in [0.717, 1.165) is 23.7 Å². The van der Waals surface area contributed by atoms with Crippen LogP contribution < -0.4 is 0 Å². The molecule has 0 saturated heterocycles. The first kappa shape index (κ1) is 21.7. The second kappa shape index (κ2) is 7.53. The predicted molar refractivity (Wildman–Crippen MR) is 112 cm³/mol. The van der Waals surface area contributed by atoms with E-state index in [2.05, 4.69) is 41.6 Å². The van der Waals surface area contributed by atoms with Gasteiger partial charge in [-0.05, 0) is 49.9 Å². The molecule has 0 saturated carbocycles. The molecule has 0 fully saturated rings. The van der Waals surface area contributed by atoms with Gasteiger partial charge in [-0.2, -0.15) is 13.2 Å². The Balaban J connectivity index is 1.60. The van der Waals surface area contributed by atoms with Crippen LogP contribution in [0.5, 0.6) is 0 Å². The van der Waals surface area contributed by atoms with Gasteiger partial charge in [0, 0.05) is 42.8 Å². The summed E-state index contributed by atoms with van der Waals surface area (Å²) in [5.41, 5.74) is 2.01. The number of carbonyl (C=O) groups excluding carboxylic acids is 1. The number of alkyl halides is 3. The lowest BCUT2D eigenvalue weighted by Crippen LogP contribution is -2.47. The van der Waals surface area contributed by atoms with E-state index in [9.17, 15) is 18.0 Å². The summed E-state index contributed by atoms with van der Waals surface area (Å²) >= 11 is 0. The van der Waals surface area contributed by atoms with Gasteiger partial charge in [-0.15, -0.1) is 0 Å². The van der Waals surface area contributed by atoms with E-state index in [1.807, 2.05) is 19.9 Å². The summed E-state index contributed by atoms with van der Waals surface area (Å²) in [5.74, 6) is 0.0604. The Morgan fingerprint density at radius 2 is 1.90 bits per heavy atom. The fraction of sp³-hybridized carbons (Fsp3) is 0.500. The summed E-state index contributed by atoms with van der Waals surface area (Å²) in [6.45, 7) is 8.84. The topological polar surface area (TPSA) is 38.1 Å². The lowest BCUT2D eigenvalue weighted by atomic mass is 9.74. The molecule has 1 aliphatic heterocycles. The molecule has 166 valence electrons. The first-order valence-electron chi connectivity index (χ1n) is 10.7. The summed E-state index contributed by atoms with van der Waals surface area (Å²) in [4.78, 5) is 19.5. The number of amides is 1. The molecule has 4 nitrogen and oxygen atoms in total. The molecule has 7 heteroatoms. The summed E-state index contributed by atoms with van der Waals surface area (Å²) in [6, 6.07) is 5.39. The molecule has 2 atom stereocenters. The Kier molecular flexibility index (Phi) is 5.26. The molecule has 0 spiro atoms. The molecule has 2 aliphatic rings. The number of allylic oxidation sites excluding steroid dienone is 1. The van der Waals surface area contributed by atoms with Crippen LogP contribution >= 0.6 is 0 Å². The van der Waals surface area contributed by atoms with Gasteiger partial charge in [0.25, 0.3) is 0 Å². The zero-order chi connectivity index (χ0) is 22.6. The Labute approximate surface area is 180 Å². The molecule has 0 N–H and O–H groups in total. The molecular weight excluding hydrogens is 403 g/mol. The maximum Gasteiger partial charge on any atom is 0.417 e. The van der Waals surface area contributed by atoms with Gasteiger partial charge in [0.1, 0.15) is 0 Å². The maximum atomic E-state index is 13.8. The van der Waals surface area contributed by atoms with Crippen molar-refractivity contribution in [1.82, 2.24) is 14.5 Å². The number of rotatable bonds is 3. The van der Waals surface area contributed by atoms with E-state index < -0.39 is 17.2 Å². The van der Waals surface area contributed by atoms with Gasteiger partial charge in [0.15, 0.2) is 0 Å². The zero-order valence-electron chi connectivity index (χ0n) is 18.3. The third kappa shape index (κ3) is 3.68. The van der Waals surface area contributed by atoms with Crippen molar-refractivity contribution < 1.29 is 18.0 Å². The molecular formula is C24H28F3N3O. The molecule has 1 aliphatic carbocycles. The van der Waals surface area contributed by atoms with Gasteiger partial charge in [-0.1, -0.05) is 26.0 Å². The highest BCUT2D eigenvalue weighted by atomic mass is 19.4. The lowest BCUT2D eigenvalue weighted by Gasteiger charge is -2.39. The van der Waals surface area contributed by atoms with E-state index in [4.69, 9.17) is 0 Å². The lowest BCUT2D eigenvalue weighted by molar-refractivity contribution is -0.143. The number of hydrogen-bond donors (Lipinski definition) is 0. The quantitative estimate of drug-likeness (QED) is 0.623. The number of aromatic nitrogens is 2. The Morgan fingerprint density at radius 3 is 2.52 bits per heavy atom. The number of pyridine rings is 1. The number of hydrogen-bond acceptors (Lipinski definition) is 2. The predicted octanol–water partition coefficient (Wildman–Crippen LogP) is 5.25. The molecule has 31 heavy (non-hydrogen) atoms. The third-order valence-corrected chi connectivity index (χ3v) is 6.90. The molecule has 0 bridgehead atoms. The second-order valence-corrected chi connectivity index (χ2v) is 9.12. The number of fused-ring (bicyclic) bond motifs is 1. The monoisotopic (exact) mass is 431 g/mol. The maximum absolute atomic E-state index is 13.8. The Morgan fingerprint density at radius 1 is 1.23 bits per heavy atom. The largest absolute Gasteiger partial charge is 0.417 e. The first-order chi connectivity index (χ1) is 14.5. The highest BCUT2D eigenvalue weighted by molar-refractivity contribution is 5.86. The van der Waals surface area contributed by atoms with E-state index >= 15 is 0 Å². The van der Waals surface area contributed by atoms with Crippen LogP contribution in [0.4, 0.5) is 13.2 Å². The average Bonchev–Trinajstić information content (AvgIpc) is 3.30. The third-order valence-electron chi connectivity index (χ3n) is 6.90. The van der Waals surface area contributed by atoms with Crippen LogP contribution in [0.2, 0.25) is 0 Å². The van der Waals surface area contributed by atoms with Gasteiger partial charge in [-0.25, -0.2) is 0 Å². The summed E-state index contributed by atoms with van der Waals surface area (Å²) < 4.78 is 41.7. The standard InChI is InChI=1S/C24H28F3N3O/c1-15(2)23(9-7-20(12-23)30-16(3)5-6-17(30)4)22(31)29-10-8-21-18(14-29)11-19(13-28-21)24(25,26)27/h5-7,9,11,13,15,20H,8,10,12,14H2,1-4H3/t20?,23-/m0/s1. The first-order valence-corrected chi connectivity index (χ1v) is 10.7. The van der Waals surface area contributed by atoms with Crippen LogP contribution in [-0.2, 0) is 23.9 Å². The van der Waals surface area contributed by atoms with Gasteiger partial charge in [0.05, 0.1) is 17.0 Å². The molecule has 4 rings (SSSR count). The van der Waals surface area contributed by atoms with Crippen LogP contribution in [0.25, 0.3) is 0 Å². The fourth-order valence-corrected chi connectivity index (χ4v) is 5.03. The number of nitrogens with zero attached hydrogens (tertiary/aromatic N) is 3. The van der Waals surface area contributed by atoms with Crippen molar-refractivity contribution in [3.63, 3.8) is 0 Å². The molecule has 0 aromatic carbocycles. The van der Waals surface area contributed by atoms with Crippen molar-refractivity contribution in [2.75, 3.05) is 6.54 Å². The molecule has 1 amide bonds. The molecule has 0 radical (unpaired) electrons. The van der Waals surface area contributed by atoms with Crippen molar-refractivity contribution in [3.05, 3.63) is 64.8 Å². The highest BCUT2D eigenvalue weighted by Crippen LogP contribution is 2.46. The second-order valence-electron chi connectivity index (χ2n) is 9.12. The normalized spacial score (nSPS) is 23.5. The minimum atomic E-state index is -4.44. The number of aryl methyl sites for hydroxylation is 2. The zero-order valence-corrected chi connectivity index (χ0v) is 18.3. The highest BCUT2D eigenvalue weighted by Gasteiger charge is 2.47. The number of carbonyl (C=O) groups is 1. The van der Waals surface area contributed by atoms with E-state index in [1.54, 1.807) is 4.90 Å². The SMILES string of the molecule is Cc1ccc(C)n1C1C=C[C@@](C(=O)N2CCc3ncc(C(F)(F)F)cc3C2)(C(C)C)C1. The van der Waals surface area contributed by atoms with Crippen molar-refractivity contribution >= 4 is 5.91 Å². The van der Waals surface area contributed by atoms with Crippen LogP contribution in [-0.4, -0.2) is 26.9 Å². The van der Waals surface area contributed by atoms with Crippen LogP contribution in [0.15, 0.2) is 36.5 Å². The molecule has 2 aromatic heterocycles. The number of halogens is 3. The summed E-state index contributed by atoms with van der Waals surface area (Å²) in [6.07, 6.45) is 1.71. The molecule has 1 unspecified atom stereocenters. The van der Waals surface area contributed by atoms with E-state index in [0.29, 0.717) is 30.6 Å². The van der Waals surface area contributed by atoms with Gasteiger partial charge < -0.3 is 9.47 Å². The fourth-order valence-electron chi connectivity index (χ4n) is 5.03. The van der Waals surface area contributed by atoms with Crippen molar-refractivity contribution in [1.29, 1.82) is 0 Å².